The minimum atomic E-state index is -0.215. The highest BCUT2D eigenvalue weighted by atomic mass is 16.1. The number of carbonyl (C=O) groups is 1. The van der Waals surface area contributed by atoms with E-state index in [9.17, 15) is 4.79 Å². The van der Waals surface area contributed by atoms with Gasteiger partial charge in [-0.3, -0.25) is 4.79 Å². The number of aryl methyl sites for hydroxylation is 2. The van der Waals surface area contributed by atoms with Crippen LogP contribution in [0.25, 0.3) is 0 Å². The fourth-order valence-corrected chi connectivity index (χ4v) is 2.88. The number of benzene rings is 1. The Morgan fingerprint density at radius 1 is 1.19 bits per heavy atom. The van der Waals surface area contributed by atoms with Crippen LogP contribution in [0.3, 0.4) is 0 Å². The van der Waals surface area contributed by atoms with Crippen molar-refractivity contribution in [2.75, 3.05) is 37.8 Å². The lowest BCUT2D eigenvalue weighted by Gasteiger charge is -2.16. The first-order valence-corrected chi connectivity index (χ1v) is 9.43. The Balaban J connectivity index is 2.15. The van der Waals surface area contributed by atoms with Gasteiger partial charge in [0.1, 0.15) is 5.69 Å². The van der Waals surface area contributed by atoms with E-state index in [1.807, 2.05) is 40.1 Å². The number of rotatable bonds is 8. The van der Waals surface area contributed by atoms with Gasteiger partial charge in [-0.2, -0.15) is 0 Å². The molecule has 1 aromatic heterocycles. The second kappa shape index (κ2) is 9.46. The van der Waals surface area contributed by atoms with E-state index in [-0.39, 0.29) is 5.91 Å². The van der Waals surface area contributed by atoms with Crippen molar-refractivity contribution in [2.24, 2.45) is 0 Å². The van der Waals surface area contributed by atoms with Crippen molar-refractivity contribution >= 4 is 17.5 Å². The van der Waals surface area contributed by atoms with Crippen molar-refractivity contribution in [1.82, 2.24) is 14.9 Å². The molecular weight excluding hydrogens is 338 g/mol. The molecule has 27 heavy (non-hydrogen) atoms. The molecule has 0 atom stereocenters. The lowest BCUT2D eigenvalue weighted by atomic mass is 9.98. The lowest BCUT2D eigenvalue weighted by Crippen LogP contribution is -2.19. The number of amides is 1. The smallest absolute Gasteiger partial charge is 0.274 e. The number of aromatic nitrogens is 2. The summed E-state index contributed by atoms with van der Waals surface area (Å²) in [4.78, 5) is 23.8. The summed E-state index contributed by atoms with van der Waals surface area (Å²) in [5.41, 5.74) is 4.17. The molecule has 1 amide bonds. The van der Waals surface area contributed by atoms with Crippen LogP contribution in [-0.4, -0.2) is 48.0 Å². The van der Waals surface area contributed by atoms with Crippen molar-refractivity contribution in [1.29, 1.82) is 0 Å². The van der Waals surface area contributed by atoms with E-state index < -0.39 is 0 Å². The van der Waals surface area contributed by atoms with Gasteiger partial charge in [0.05, 0.1) is 0 Å². The third kappa shape index (κ3) is 6.03. The lowest BCUT2D eigenvalue weighted by molar-refractivity contribution is 0.102. The van der Waals surface area contributed by atoms with Gasteiger partial charge in [-0.15, -0.1) is 0 Å². The molecule has 1 aromatic carbocycles. The molecule has 2 N–H and O–H groups in total. The number of carbonyl (C=O) groups excluding carboxylic acids is 1. The van der Waals surface area contributed by atoms with Crippen LogP contribution in [0.2, 0.25) is 0 Å². The first-order chi connectivity index (χ1) is 12.8. The Labute approximate surface area is 162 Å². The van der Waals surface area contributed by atoms with Crippen LogP contribution < -0.4 is 10.6 Å². The van der Waals surface area contributed by atoms with E-state index in [1.54, 1.807) is 6.07 Å². The third-order valence-electron chi connectivity index (χ3n) is 4.32. The second-order valence-corrected chi connectivity index (χ2v) is 7.45. The zero-order valence-electron chi connectivity index (χ0n) is 17.3. The summed E-state index contributed by atoms with van der Waals surface area (Å²) in [7, 11) is 4.09. The van der Waals surface area contributed by atoms with E-state index >= 15 is 0 Å². The normalized spacial score (nSPS) is 11.1. The maximum absolute atomic E-state index is 12.8. The second-order valence-electron chi connectivity index (χ2n) is 7.45. The van der Waals surface area contributed by atoms with E-state index in [0.29, 0.717) is 17.6 Å². The SMILES string of the molecule is Cc1cc(C(=O)Nc2c(C)cccc2C(C)C)nc(NCCCN(C)C)n1. The highest BCUT2D eigenvalue weighted by Crippen LogP contribution is 2.27. The molecule has 0 aliphatic rings. The highest BCUT2D eigenvalue weighted by molar-refractivity contribution is 6.04. The van der Waals surface area contributed by atoms with E-state index in [1.165, 1.54) is 0 Å². The zero-order valence-corrected chi connectivity index (χ0v) is 17.3. The summed E-state index contributed by atoms with van der Waals surface area (Å²) in [6.45, 7) is 9.86. The van der Waals surface area contributed by atoms with Crippen molar-refractivity contribution in [3.05, 3.63) is 46.8 Å². The molecule has 0 saturated carbocycles. The molecule has 0 aliphatic heterocycles. The quantitative estimate of drug-likeness (QED) is 0.692. The maximum Gasteiger partial charge on any atom is 0.274 e. The van der Waals surface area contributed by atoms with Crippen LogP contribution in [-0.2, 0) is 0 Å². The summed E-state index contributed by atoms with van der Waals surface area (Å²) in [6.07, 6.45) is 0.979. The Hall–Kier alpha value is -2.47. The summed E-state index contributed by atoms with van der Waals surface area (Å²) in [5, 5.41) is 6.26. The fraction of sp³-hybridized carbons (Fsp3) is 0.476. The van der Waals surface area contributed by atoms with Crippen LogP contribution >= 0.6 is 0 Å². The summed E-state index contributed by atoms with van der Waals surface area (Å²) < 4.78 is 0. The topological polar surface area (TPSA) is 70.2 Å². The van der Waals surface area contributed by atoms with Gasteiger partial charge >= 0.3 is 0 Å². The van der Waals surface area contributed by atoms with Gasteiger partial charge in [0.15, 0.2) is 0 Å². The van der Waals surface area contributed by atoms with Crippen LogP contribution in [0, 0.1) is 13.8 Å². The molecule has 146 valence electrons. The minimum absolute atomic E-state index is 0.215. The van der Waals surface area contributed by atoms with E-state index in [4.69, 9.17) is 0 Å². The van der Waals surface area contributed by atoms with Crippen molar-refractivity contribution < 1.29 is 4.79 Å². The van der Waals surface area contributed by atoms with Gasteiger partial charge in [-0.05, 0) is 64.0 Å². The van der Waals surface area contributed by atoms with Gasteiger partial charge in [-0.25, -0.2) is 9.97 Å². The van der Waals surface area contributed by atoms with Crippen molar-refractivity contribution in [2.45, 2.75) is 40.0 Å². The third-order valence-corrected chi connectivity index (χ3v) is 4.32. The molecule has 1 heterocycles. The first kappa shape index (κ1) is 20.8. The average molecular weight is 370 g/mol. The van der Waals surface area contributed by atoms with E-state index in [2.05, 4.69) is 45.4 Å². The number of para-hydroxylation sites is 1. The maximum atomic E-state index is 12.8. The molecule has 0 bridgehead atoms. The van der Waals surface area contributed by atoms with Crippen LogP contribution in [0.4, 0.5) is 11.6 Å². The number of nitrogens with zero attached hydrogens (tertiary/aromatic N) is 3. The van der Waals surface area contributed by atoms with Gasteiger partial charge < -0.3 is 15.5 Å². The molecule has 6 nitrogen and oxygen atoms in total. The van der Waals surface area contributed by atoms with Gasteiger partial charge in [0.2, 0.25) is 5.95 Å². The highest BCUT2D eigenvalue weighted by Gasteiger charge is 2.15. The number of anilines is 2. The number of hydrogen-bond donors (Lipinski definition) is 2. The van der Waals surface area contributed by atoms with Crippen LogP contribution in [0.15, 0.2) is 24.3 Å². The molecule has 2 rings (SSSR count). The molecule has 0 fully saturated rings. The van der Waals surface area contributed by atoms with Crippen LogP contribution in [0.1, 0.15) is 53.5 Å². The Bertz CT molecular complexity index is 786. The predicted molar refractivity (Wildman–Crippen MR) is 112 cm³/mol. The molecular formula is C21H31N5O. The Kier molecular flexibility index (Phi) is 7.30. The molecule has 0 saturated heterocycles. The van der Waals surface area contributed by atoms with Crippen molar-refractivity contribution in [3.63, 3.8) is 0 Å². The minimum Gasteiger partial charge on any atom is -0.354 e. The fourth-order valence-electron chi connectivity index (χ4n) is 2.88. The molecule has 2 aromatic rings. The van der Waals surface area contributed by atoms with E-state index in [0.717, 1.165) is 42.0 Å². The monoisotopic (exact) mass is 369 g/mol. The standard InChI is InChI=1S/C21H31N5O/c1-14(2)17-10-7-9-15(3)19(17)25-20(27)18-13-16(4)23-21(24-18)22-11-8-12-26(5)6/h7,9-10,13-14H,8,11-12H2,1-6H3,(H,25,27)(H,22,23,24). The molecule has 0 aliphatic carbocycles. The molecule has 0 radical (unpaired) electrons. The zero-order chi connectivity index (χ0) is 20.0. The Morgan fingerprint density at radius 2 is 1.93 bits per heavy atom. The van der Waals surface area contributed by atoms with Gasteiger partial charge in [-0.1, -0.05) is 32.0 Å². The predicted octanol–water partition coefficient (Wildman–Crippen LogP) is 3.83. The number of nitrogens with one attached hydrogen (secondary N) is 2. The summed E-state index contributed by atoms with van der Waals surface area (Å²) in [5.74, 6) is 0.599. The Morgan fingerprint density at radius 3 is 2.59 bits per heavy atom. The molecule has 0 spiro atoms. The average Bonchev–Trinajstić information content (AvgIpc) is 2.59. The summed E-state index contributed by atoms with van der Waals surface area (Å²) >= 11 is 0. The van der Waals surface area contributed by atoms with Gasteiger partial charge in [0, 0.05) is 17.9 Å². The van der Waals surface area contributed by atoms with Crippen LogP contribution in [0.5, 0.6) is 0 Å². The van der Waals surface area contributed by atoms with Crippen molar-refractivity contribution in [3.8, 4) is 0 Å². The largest absolute Gasteiger partial charge is 0.354 e. The first-order valence-electron chi connectivity index (χ1n) is 9.43. The molecule has 6 heteroatoms. The summed E-state index contributed by atoms with van der Waals surface area (Å²) in [6, 6.07) is 7.79. The number of hydrogen-bond acceptors (Lipinski definition) is 5. The molecule has 0 unspecified atom stereocenters. The van der Waals surface area contributed by atoms with Gasteiger partial charge in [0.25, 0.3) is 5.91 Å².